The van der Waals surface area contributed by atoms with Gasteiger partial charge in [0, 0.05) is 5.69 Å². The van der Waals surface area contributed by atoms with E-state index in [4.69, 9.17) is 5.11 Å². The molecule has 0 radical (unpaired) electrons. The lowest BCUT2D eigenvalue weighted by Gasteiger charge is -2.25. The lowest BCUT2D eigenvalue weighted by Crippen LogP contribution is -2.38. The van der Waals surface area contributed by atoms with E-state index in [1.807, 2.05) is 6.07 Å². The molecule has 5 heteroatoms. The highest BCUT2D eigenvalue weighted by Crippen LogP contribution is 2.28. The largest absolute Gasteiger partial charge is 0.481 e. The van der Waals surface area contributed by atoms with Crippen LogP contribution in [-0.2, 0) is 4.79 Å². The summed E-state index contributed by atoms with van der Waals surface area (Å²) in [6.45, 7) is 0. The second-order valence-electron chi connectivity index (χ2n) is 3.34. The maximum atomic E-state index is 11.2. The fourth-order valence-electron chi connectivity index (χ4n) is 1.64. The number of carboxylic acid groups (broad SMARTS) is 1. The van der Waals surface area contributed by atoms with E-state index in [0.29, 0.717) is 5.69 Å². The van der Waals surface area contributed by atoms with E-state index < -0.39 is 12.0 Å². The molecule has 1 heterocycles. The molecule has 0 aliphatic carbocycles. The number of hydrogen-bond donors (Lipinski definition) is 3. The van der Waals surface area contributed by atoms with Gasteiger partial charge >= 0.3 is 12.0 Å². The summed E-state index contributed by atoms with van der Waals surface area (Å²) in [5, 5.41) is 13.9. The highest BCUT2D eigenvalue weighted by atomic mass is 16.4. The van der Waals surface area contributed by atoms with Crippen molar-refractivity contribution in [1.29, 1.82) is 0 Å². The van der Waals surface area contributed by atoms with Gasteiger partial charge in [0.2, 0.25) is 0 Å². The third kappa shape index (κ3) is 1.90. The van der Waals surface area contributed by atoms with E-state index >= 15 is 0 Å². The summed E-state index contributed by atoms with van der Waals surface area (Å²) < 4.78 is 0. The molecule has 0 saturated carbocycles. The van der Waals surface area contributed by atoms with Gasteiger partial charge in [-0.2, -0.15) is 0 Å². The summed E-state index contributed by atoms with van der Waals surface area (Å²) in [6.07, 6.45) is -0.107. The van der Waals surface area contributed by atoms with Crippen LogP contribution in [0.3, 0.4) is 0 Å². The van der Waals surface area contributed by atoms with Gasteiger partial charge in [0.1, 0.15) is 0 Å². The van der Waals surface area contributed by atoms with E-state index in [9.17, 15) is 9.59 Å². The molecule has 2 rings (SSSR count). The SMILES string of the molecule is O=C(O)CC1NC(=O)Nc2ccccc21. The highest BCUT2D eigenvalue weighted by molar-refractivity contribution is 5.93. The second-order valence-corrected chi connectivity index (χ2v) is 3.34. The summed E-state index contributed by atoms with van der Waals surface area (Å²) in [6, 6.07) is 6.35. The van der Waals surface area contributed by atoms with E-state index in [0.717, 1.165) is 5.56 Å². The molecule has 1 aromatic carbocycles. The molecule has 15 heavy (non-hydrogen) atoms. The first-order valence-corrected chi connectivity index (χ1v) is 4.55. The molecule has 0 saturated heterocycles. The number of hydrogen-bond acceptors (Lipinski definition) is 2. The molecule has 0 spiro atoms. The van der Waals surface area contributed by atoms with Crippen LogP contribution in [0.5, 0.6) is 0 Å². The van der Waals surface area contributed by atoms with Gasteiger partial charge in [-0.1, -0.05) is 18.2 Å². The average Bonchev–Trinajstić information content (AvgIpc) is 2.16. The zero-order valence-electron chi connectivity index (χ0n) is 7.86. The van der Waals surface area contributed by atoms with Crippen LogP contribution in [0.25, 0.3) is 0 Å². The third-order valence-electron chi connectivity index (χ3n) is 2.27. The number of anilines is 1. The number of carbonyl (C=O) groups excluding carboxylic acids is 1. The number of urea groups is 1. The number of rotatable bonds is 2. The van der Waals surface area contributed by atoms with Gasteiger partial charge in [0.25, 0.3) is 0 Å². The molecule has 5 nitrogen and oxygen atoms in total. The van der Waals surface area contributed by atoms with Crippen molar-refractivity contribution in [2.24, 2.45) is 0 Å². The molecule has 1 aliphatic rings. The number of benzene rings is 1. The number of carbonyl (C=O) groups is 2. The summed E-state index contributed by atoms with van der Waals surface area (Å²) in [7, 11) is 0. The van der Waals surface area contributed by atoms with Crippen molar-refractivity contribution in [3.8, 4) is 0 Å². The van der Waals surface area contributed by atoms with Gasteiger partial charge in [-0.05, 0) is 11.6 Å². The average molecular weight is 206 g/mol. The predicted molar refractivity (Wildman–Crippen MR) is 53.6 cm³/mol. The molecule has 0 fully saturated rings. The Bertz CT molecular complexity index is 417. The summed E-state index contributed by atoms with van der Waals surface area (Å²) in [4.78, 5) is 21.8. The van der Waals surface area contributed by atoms with Gasteiger partial charge in [-0.25, -0.2) is 4.79 Å². The molecule has 1 atom stereocenters. The minimum Gasteiger partial charge on any atom is -0.481 e. The van der Waals surface area contributed by atoms with Crippen molar-refractivity contribution < 1.29 is 14.7 Å². The van der Waals surface area contributed by atoms with Gasteiger partial charge in [0.15, 0.2) is 0 Å². The van der Waals surface area contributed by atoms with E-state index in [2.05, 4.69) is 10.6 Å². The molecule has 3 N–H and O–H groups in total. The maximum Gasteiger partial charge on any atom is 0.319 e. The van der Waals surface area contributed by atoms with Gasteiger partial charge in [-0.15, -0.1) is 0 Å². The fraction of sp³-hybridized carbons (Fsp3) is 0.200. The highest BCUT2D eigenvalue weighted by Gasteiger charge is 2.25. The minimum absolute atomic E-state index is 0.107. The molecule has 1 aliphatic heterocycles. The first-order valence-electron chi connectivity index (χ1n) is 4.55. The van der Waals surface area contributed by atoms with Crippen molar-refractivity contribution >= 4 is 17.7 Å². The Balaban J connectivity index is 2.33. The van der Waals surface area contributed by atoms with Crippen LogP contribution in [0.1, 0.15) is 18.0 Å². The number of aliphatic carboxylic acids is 1. The standard InChI is InChI=1S/C10H10N2O3/c13-9(14)5-8-6-3-1-2-4-7(6)11-10(15)12-8/h1-4,8H,5H2,(H,13,14)(H2,11,12,15). The van der Waals surface area contributed by atoms with E-state index in [1.54, 1.807) is 18.2 Å². The van der Waals surface area contributed by atoms with Crippen LogP contribution in [0, 0.1) is 0 Å². The molecule has 1 unspecified atom stereocenters. The van der Waals surface area contributed by atoms with Crippen LogP contribution >= 0.6 is 0 Å². The topological polar surface area (TPSA) is 78.4 Å². The lowest BCUT2D eigenvalue weighted by molar-refractivity contribution is -0.137. The maximum absolute atomic E-state index is 11.2. The third-order valence-corrected chi connectivity index (χ3v) is 2.27. The number of carboxylic acids is 1. The monoisotopic (exact) mass is 206 g/mol. The van der Waals surface area contributed by atoms with Crippen LogP contribution in [0.15, 0.2) is 24.3 Å². The van der Waals surface area contributed by atoms with Crippen LogP contribution < -0.4 is 10.6 Å². The van der Waals surface area contributed by atoms with Crippen molar-refractivity contribution in [3.05, 3.63) is 29.8 Å². The first kappa shape index (κ1) is 9.51. The van der Waals surface area contributed by atoms with E-state index in [1.165, 1.54) is 0 Å². The number of fused-ring (bicyclic) bond motifs is 1. The zero-order chi connectivity index (χ0) is 10.8. The first-order chi connectivity index (χ1) is 7.16. The summed E-state index contributed by atoms with van der Waals surface area (Å²) >= 11 is 0. The smallest absolute Gasteiger partial charge is 0.319 e. The van der Waals surface area contributed by atoms with Crippen molar-refractivity contribution in [2.75, 3.05) is 5.32 Å². The van der Waals surface area contributed by atoms with Crippen molar-refractivity contribution in [1.82, 2.24) is 5.32 Å². The Morgan fingerprint density at radius 1 is 1.40 bits per heavy atom. The summed E-state index contributed by atoms with van der Waals surface area (Å²) in [5.41, 5.74) is 1.48. The summed E-state index contributed by atoms with van der Waals surface area (Å²) in [5.74, 6) is -0.933. The Labute approximate surface area is 86.1 Å². The molecular weight excluding hydrogens is 196 g/mol. The molecule has 0 aromatic heterocycles. The second kappa shape index (κ2) is 3.61. The molecule has 1 aromatic rings. The molecule has 2 amide bonds. The lowest BCUT2D eigenvalue weighted by atomic mass is 10.00. The number of nitrogens with one attached hydrogen (secondary N) is 2. The van der Waals surface area contributed by atoms with Crippen LogP contribution in [-0.4, -0.2) is 17.1 Å². The Morgan fingerprint density at radius 2 is 2.13 bits per heavy atom. The Kier molecular flexibility index (Phi) is 2.29. The van der Waals surface area contributed by atoms with Crippen LogP contribution in [0.4, 0.5) is 10.5 Å². The Hall–Kier alpha value is -2.04. The van der Waals surface area contributed by atoms with Crippen molar-refractivity contribution in [3.63, 3.8) is 0 Å². The molecular formula is C10H10N2O3. The normalized spacial score (nSPS) is 18.7. The minimum atomic E-state index is -0.933. The van der Waals surface area contributed by atoms with Gasteiger partial charge in [0.05, 0.1) is 12.5 Å². The van der Waals surface area contributed by atoms with E-state index in [-0.39, 0.29) is 12.5 Å². The van der Waals surface area contributed by atoms with Gasteiger partial charge in [-0.3, -0.25) is 4.79 Å². The quantitative estimate of drug-likeness (QED) is 0.683. The Morgan fingerprint density at radius 3 is 2.87 bits per heavy atom. The number of para-hydroxylation sites is 1. The predicted octanol–water partition coefficient (Wildman–Crippen LogP) is 1.34. The van der Waals surface area contributed by atoms with Crippen LogP contribution in [0.2, 0.25) is 0 Å². The molecule has 0 bridgehead atoms. The molecule has 78 valence electrons. The fourth-order valence-corrected chi connectivity index (χ4v) is 1.64. The zero-order valence-corrected chi connectivity index (χ0v) is 7.86. The van der Waals surface area contributed by atoms with Crippen molar-refractivity contribution in [2.45, 2.75) is 12.5 Å². The van der Waals surface area contributed by atoms with Gasteiger partial charge < -0.3 is 15.7 Å². The number of amides is 2.